The summed E-state index contributed by atoms with van der Waals surface area (Å²) in [5, 5.41) is 36.7. The second kappa shape index (κ2) is 5.25. The topological polar surface area (TPSA) is 153 Å². The SMILES string of the molecule is O=P([O-])([O-])[C@H](F)C[C@H]1OC(O)[C@H](O)[C@@H](O)[C@@H]1O. The second-order valence-corrected chi connectivity index (χ2v) is 5.39. The van der Waals surface area contributed by atoms with Crippen LogP contribution in [0.4, 0.5) is 4.39 Å². The minimum absolute atomic E-state index is 1.04. The van der Waals surface area contributed by atoms with Crippen molar-refractivity contribution in [2.75, 3.05) is 0 Å². The Hall–Kier alpha value is -0.120. The highest BCUT2D eigenvalue weighted by Crippen LogP contribution is 2.37. The van der Waals surface area contributed by atoms with Gasteiger partial charge in [0.1, 0.15) is 24.2 Å². The maximum absolute atomic E-state index is 12.9. The number of aliphatic hydroxyl groups is 4. The van der Waals surface area contributed by atoms with Gasteiger partial charge in [-0.05, 0) is 7.60 Å². The molecule has 0 radical (unpaired) electrons. The summed E-state index contributed by atoms with van der Waals surface area (Å²) in [7, 11) is -5.49. The molecule has 1 saturated heterocycles. The molecule has 0 aliphatic carbocycles. The lowest BCUT2D eigenvalue weighted by atomic mass is 9.97. The molecular formula is C7H12FO8P-2. The highest BCUT2D eigenvalue weighted by molar-refractivity contribution is 7.49. The number of halogens is 1. The van der Waals surface area contributed by atoms with Gasteiger partial charge >= 0.3 is 0 Å². The first-order valence-electron chi connectivity index (χ1n) is 4.68. The third-order valence-electron chi connectivity index (χ3n) is 2.46. The summed E-state index contributed by atoms with van der Waals surface area (Å²) in [6.45, 7) is 0. The molecule has 6 atom stereocenters. The van der Waals surface area contributed by atoms with Gasteiger partial charge in [0.05, 0.1) is 6.10 Å². The molecule has 1 fully saturated rings. The van der Waals surface area contributed by atoms with Crippen LogP contribution in [0.2, 0.25) is 0 Å². The molecule has 0 aromatic heterocycles. The van der Waals surface area contributed by atoms with Crippen LogP contribution < -0.4 is 9.79 Å². The van der Waals surface area contributed by atoms with E-state index in [1.807, 2.05) is 0 Å². The molecule has 102 valence electrons. The lowest BCUT2D eigenvalue weighted by Crippen LogP contribution is -2.58. The fourth-order valence-electron chi connectivity index (χ4n) is 1.45. The quantitative estimate of drug-likeness (QED) is 0.385. The summed E-state index contributed by atoms with van der Waals surface area (Å²) in [4.78, 5) is 20.6. The number of hydrogen-bond acceptors (Lipinski definition) is 8. The maximum atomic E-state index is 12.9. The third-order valence-corrected chi connectivity index (χ3v) is 3.35. The van der Waals surface area contributed by atoms with Crippen molar-refractivity contribution in [3.63, 3.8) is 0 Å². The fraction of sp³-hybridized carbons (Fsp3) is 1.00. The average molecular weight is 274 g/mol. The van der Waals surface area contributed by atoms with Gasteiger partial charge in [-0.3, -0.25) is 0 Å². The zero-order valence-corrected chi connectivity index (χ0v) is 9.31. The minimum atomic E-state index is -5.49. The molecule has 1 heterocycles. The van der Waals surface area contributed by atoms with Crippen molar-refractivity contribution in [2.45, 2.75) is 43.0 Å². The van der Waals surface area contributed by atoms with Crippen LogP contribution in [0, 0.1) is 0 Å². The number of hydrogen-bond donors (Lipinski definition) is 4. The monoisotopic (exact) mass is 274 g/mol. The third kappa shape index (κ3) is 3.43. The smallest absolute Gasteiger partial charge is 0.183 e. The predicted octanol–water partition coefficient (Wildman–Crippen LogP) is -3.61. The molecule has 1 aliphatic rings. The fourth-order valence-corrected chi connectivity index (χ4v) is 1.91. The molecule has 1 rings (SSSR count). The van der Waals surface area contributed by atoms with Crippen LogP contribution in [0.15, 0.2) is 0 Å². The van der Waals surface area contributed by atoms with Gasteiger partial charge in [-0.15, -0.1) is 0 Å². The highest BCUT2D eigenvalue weighted by Gasteiger charge is 2.43. The summed E-state index contributed by atoms with van der Waals surface area (Å²) in [6.07, 6.45) is -9.97. The molecule has 0 bridgehead atoms. The molecule has 1 aliphatic heterocycles. The van der Waals surface area contributed by atoms with E-state index in [2.05, 4.69) is 4.74 Å². The second-order valence-electron chi connectivity index (χ2n) is 3.75. The minimum Gasteiger partial charge on any atom is -0.809 e. The summed E-state index contributed by atoms with van der Waals surface area (Å²) in [6, 6.07) is 0. The van der Waals surface area contributed by atoms with Gasteiger partial charge in [0.25, 0.3) is 0 Å². The van der Waals surface area contributed by atoms with Crippen LogP contribution >= 0.6 is 7.60 Å². The van der Waals surface area contributed by atoms with Crippen molar-refractivity contribution in [1.29, 1.82) is 0 Å². The van der Waals surface area contributed by atoms with E-state index in [1.54, 1.807) is 0 Å². The molecule has 10 heteroatoms. The van der Waals surface area contributed by atoms with E-state index in [1.165, 1.54) is 0 Å². The number of alkyl halides is 1. The molecule has 17 heavy (non-hydrogen) atoms. The Labute approximate surface area is 95.4 Å². The van der Waals surface area contributed by atoms with E-state index >= 15 is 0 Å². The largest absolute Gasteiger partial charge is 0.809 e. The molecule has 4 N–H and O–H groups in total. The lowest BCUT2D eigenvalue weighted by Gasteiger charge is -2.41. The van der Waals surface area contributed by atoms with Gasteiger partial charge in [-0.25, -0.2) is 4.39 Å². The van der Waals surface area contributed by atoms with E-state index in [4.69, 9.17) is 10.2 Å². The van der Waals surface area contributed by atoms with Crippen LogP contribution in [0.5, 0.6) is 0 Å². The molecule has 0 amide bonds. The number of ether oxygens (including phenoxy) is 1. The predicted molar refractivity (Wildman–Crippen MR) is 46.0 cm³/mol. The van der Waals surface area contributed by atoms with Crippen molar-refractivity contribution in [3.05, 3.63) is 0 Å². The zero-order valence-electron chi connectivity index (χ0n) is 8.42. The Kier molecular flexibility index (Phi) is 4.61. The van der Waals surface area contributed by atoms with Crippen molar-refractivity contribution in [1.82, 2.24) is 0 Å². The van der Waals surface area contributed by atoms with Gasteiger partial charge in [0.15, 0.2) is 6.29 Å². The summed E-state index contributed by atoms with van der Waals surface area (Å²) < 4.78 is 27.7. The van der Waals surface area contributed by atoms with E-state index in [0.717, 1.165) is 0 Å². The van der Waals surface area contributed by atoms with Crippen molar-refractivity contribution >= 4 is 7.60 Å². The molecule has 1 unspecified atom stereocenters. The highest BCUT2D eigenvalue weighted by atomic mass is 31.2. The molecule has 0 aromatic carbocycles. The Morgan fingerprint density at radius 2 is 1.71 bits per heavy atom. The van der Waals surface area contributed by atoms with Crippen LogP contribution in [-0.2, 0) is 9.30 Å². The van der Waals surface area contributed by atoms with Gasteiger partial charge in [0, 0.05) is 6.42 Å². The number of rotatable bonds is 3. The Morgan fingerprint density at radius 3 is 2.18 bits per heavy atom. The molecule has 8 nitrogen and oxygen atoms in total. The van der Waals surface area contributed by atoms with E-state index < -0.39 is 50.6 Å². The maximum Gasteiger partial charge on any atom is 0.183 e. The molecule has 0 spiro atoms. The Bertz CT molecular complexity index is 308. The van der Waals surface area contributed by atoms with Crippen LogP contribution in [0.1, 0.15) is 6.42 Å². The average Bonchev–Trinajstić information content (AvgIpc) is 2.21. The first-order valence-corrected chi connectivity index (χ1v) is 6.29. The molecule has 0 aromatic rings. The van der Waals surface area contributed by atoms with Crippen LogP contribution in [-0.4, -0.2) is 57.0 Å². The summed E-state index contributed by atoms with van der Waals surface area (Å²) >= 11 is 0. The molecule has 0 saturated carbocycles. The zero-order chi connectivity index (χ0) is 13.4. The van der Waals surface area contributed by atoms with Crippen molar-refractivity contribution in [2.24, 2.45) is 0 Å². The lowest BCUT2D eigenvalue weighted by molar-refractivity contribution is -0.323. The summed E-state index contributed by atoms with van der Waals surface area (Å²) in [5.41, 5.74) is 0. The standard InChI is InChI=1S/C7H14FO8P/c8-3(17(13,14)15)1-2-4(9)5(10)6(11)7(12)16-2/h2-7,9-12H,1H2,(H2,13,14,15)/p-2/t2-,3+,4-,5+,6-,7?/m1/s1. The first kappa shape index (κ1) is 14.9. The van der Waals surface area contributed by atoms with Gasteiger partial charge < -0.3 is 39.5 Å². The van der Waals surface area contributed by atoms with Gasteiger partial charge in [-0.2, -0.15) is 0 Å². The van der Waals surface area contributed by atoms with E-state index in [-0.39, 0.29) is 0 Å². The van der Waals surface area contributed by atoms with E-state index in [9.17, 15) is 29.0 Å². The van der Waals surface area contributed by atoms with Crippen molar-refractivity contribution < 1.29 is 43.9 Å². The Morgan fingerprint density at radius 1 is 1.18 bits per heavy atom. The number of aliphatic hydroxyl groups excluding tert-OH is 4. The van der Waals surface area contributed by atoms with Crippen LogP contribution in [0.25, 0.3) is 0 Å². The van der Waals surface area contributed by atoms with Crippen LogP contribution in [0.3, 0.4) is 0 Å². The van der Waals surface area contributed by atoms with Gasteiger partial charge in [0.2, 0.25) is 0 Å². The summed E-state index contributed by atoms with van der Waals surface area (Å²) in [5.74, 6) is -2.81. The van der Waals surface area contributed by atoms with E-state index in [0.29, 0.717) is 0 Å². The Balaban J connectivity index is 2.69. The van der Waals surface area contributed by atoms with Gasteiger partial charge in [-0.1, -0.05) is 0 Å². The normalized spacial score (nSPS) is 41.2. The van der Waals surface area contributed by atoms with Crippen molar-refractivity contribution in [3.8, 4) is 0 Å². The first-order chi connectivity index (χ1) is 7.64. The molecular weight excluding hydrogens is 262 g/mol.